The van der Waals surface area contributed by atoms with Gasteiger partial charge in [0.25, 0.3) is 0 Å². The predicted octanol–water partition coefficient (Wildman–Crippen LogP) is 3.05. The zero-order valence-electron chi connectivity index (χ0n) is 17.2. The quantitative estimate of drug-likeness (QED) is 0.537. The fraction of sp³-hybridized carbons (Fsp3) is 0.261. The molecular weight excluding hydrogens is 395 g/mol. The number of imidazole rings is 1. The number of nitrogens with zero attached hydrogens (tertiary/aromatic N) is 5. The summed E-state index contributed by atoms with van der Waals surface area (Å²) < 4.78 is 20.8. The molecule has 0 amide bonds. The molecule has 5 rings (SSSR count). The molecule has 1 fully saturated rings. The molecule has 0 bridgehead atoms. The molecule has 0 unspecified atom stereocenters. The molecule has 31 heavy (non-hydrogen) atoms. The van der Waals surface area contributed by atoms with Gasteiger partial charge in [-0.15, -0.1) is 0 Å². The first-order chi connectivity index (χ1) is 15.2. The maximum atomic E-state index is 13.5. The van der Waals surface area contributed by atoms with Crippen LogP contribution in [0, 0.1) is 5.82 Å². The van der Waals surface area contributed by atoms with Gasteiger partial charge in [0.15, 0.2) is 5.65 Å². The molecule has 8 heteroatoms. The molecule has 0 spiro atoms. The lowest BCUT2D eigenvalue weighted by Gasteiger charge is -2.34. The summed E-state index contributed by atoms with van der Waals surface area (Å²) in [6.45, 7) is 3.22. The summed E-state index contributed by atoms with van der Waals surface area (Å²) in [6, 6.07) is 14.5. The molecule has 1 aliphatic heterocycles. The summed E-state index contributed by atoms with van der Waals surface area (Å²) in [5.74, 6) is 1.33. The van der Waals surface area contributed by atoms with Crippen molar-refractivity contribution in [3.8, 4) is 17.1 Å². The van der Waals surface area contributed by atoms with Crippen LogP contribution in [0.25, 0.3) is 28.2 Å². The molecule has 0 saturated carbocycles. The van der Waals surface area contributed by atoms with E-state index in [-0.39, 0.29) is 11.9 Å². The van der Waals surface area contributed by atoms with Crippen molar-refractivity contribution < 1.29 is 9.13 Å². The van der Waals surface area contributed by atoms with Crippen LogP contribution in [0.3, 0.4) is 0 Å². The van der Waals surface area contributed by atoms with E-state index in [2.05, 4.69) is 15.2 Å². The number of aromatic nitrogens is 4. The van der Waals surface area contributed by atoms with Gasteiger partial charge < -0.3 is 15.0 Å². The summed E-state index contributed by atoms with van der Waals surface area (Å²) >= 11 is 0. The van der Waals surface area contributed by atoms with Gasteiger partial charge in [-0.2, -0.15) is 0 Å². The van der Waals surface area contributed by atoms with Crippen molar-refractivity contribution in [2.24, 2.45) is 0 Å². The summed E-state index contributed by atoms with van der Waals surface area (Å²) in [5.41, 5.74) is 3.26. The highest BCUT2D eigenvalue weighted by molar-refractivity contribution is 5.81. The van der Waals surface area contributed by atoms with Gasteiger partial charge in [-0.25, -0.2) is 14.4 Å². The maximum Gasteiger partial charge on any atom is 0.167 e. The van der Waals surface area contributed by atoms with E-state index in [0.29, 0.717) is 12.4 Å². The Morgan fingerprint density at radius 3 is 2.65 bits per heavy atom. The first-order valence-corrected chi connectivity index (χ1v) is 10.3. The number of hydrogen-bond acceptors (Lipinski definition) is 6. The van der Waals surface area contributed by atoms with E-state index in [1.165, 1.54) is 12.1 Å². The molecular formula is C23H23FN6O. The Balaban J connectivity index is 1.63. The van der Waals surface area contributed by atoms with Gasteiger partial charge in [0.2, 0.25) is 0 Å². The fourth-order valence-corrected chi connectivity index (χ4v) is 4.00. The number of methoxy groups -OCH3 is 1. The van der Waals surface area contributed by atoms with E-state index in [4.69, 9.17) is 14.7 Å². The second-order valence-electron chi connectivity index (χ2n) is 7.55. The van der Waals surface area contributed by atoms with Crippen LogP contribution in [0.15, 0.2) is 60.9 Å². The maximum absolute atomic E-state index is 13.5. The number of piperazine rings is 1. The molecule has 1 N–H and O–H groups in total. The Morgan fingerprint density at radius 2 is 1.87 bits per heavy atom. The number of anilines is 1. The summed E-state index contributed by atoms with van der Waals surface area (Å²) in [6.07, 6.45) is 3.48. The number of hydrogen-bond donors (Lipinski definition) is 1. The fourth-order valence-electron chi connectivity index (χ4n) is 4.00. The highest BCUT2D eigenvalue weighted by atomic mass is 19.1. The largest absolute Gasteiger partial charge is 0.383 e. The van der Waals surface area contributed by atoms with E-state index < -0.39 is 0 Å². The topological polar surface area (TPSA) is 68.1 Å². The van der Waals surface area contributed by atoms with Crippen molar-refractivity contribution in [1.29, 1.82) is 0 Å². The lowest BCUT2D eigenvalue weighted by molar-refractivity contribution is 0.163. The van der Waals surface area contributed by atoms with Gasteiger partial charge in [0.1, 0.15) is 23.0 Å². The molecule has 1 saturated heterocycles. The molecule has 3 aromatic heterocycles. The zero-order chi connectivity index (χ0) is 21.2. The number of rotatable bonds is 5. The Morgan fingerprint density at radius 1 is 1.06 bits per heavy atom. The van der Waals surface area contributed by atoms with E-state index in [1.54, 1.807) is 31.6 Å². The van der Waals surface area contributed by atoms with E-state index >= 15 is 0 Å². The highest BCUT2D eigenvalue weighted by Gasteiger charge is 2.22. The Hall–Kier alpha value is -3.36. The third-order valence-corrected chi connectivity index (χ3v) is 5.46. The van der Waals surface area contributed by atoms with Gasteiger partial charge >= 0.3 is 0 Å². The van der Waals surface area contributed by atoms with Crippen LogP contribution < -0.4 is 10.2 Å². The SMILES string of the molecule is COC[C@H]1CN(c2ccc3nc(-c4ccc(F)cc4)n(-c4ccncc4)c3n2)CCN1. The molecule has 158 valence electrons. The average Bonchev–Trinajstić information content (AvgIpc) is 3.19. The number of ether oxygens (including phenoxy) is 1. The van der Waals surface area contributed by atoms with Crippen LogP contribution in [0.2, 0.25) is 0 Å². The van der Waals surface area contributed by atoms with Gasteiger partial charge in [-0.3, -0.25) is 9.55 Å². The summed E-state index contributed by atoms with van der Waals surface area (Å²) in [4.78, 5) is 16.2. The second kappa shape index (κ2) is 8.41. The zero-order valence-corrected chi connectivity index (χ0v) is 17.2. The summed E-state index contributed by atoms with van der Waals surface area (Å²) in [5, 5.41) is 3.47. The third kappa shape index (κ3) is 3.87. The first-order valence-electron chi connectivity index (χ1n) is 10.3. The Kier molecular flexibility index (Phi) is 5.31. The minimum atomic E-state index is -0.278. The van der Waals surface area contributed by atoms with Crippen LogP contribution in [0.4, 0.5) is 10.2 Å². The smallest absolute Gasteiger partial charge is 0.167 e. The Labute approximate surface area is 179 Å². The molecule has 1 aliphatic rings. The molecule has 0 aliphatic carbocycles. The van der Waals surface area contributed by atoms with Gasteiger partial charge in [-0.05, 0) is 48.5 Å². The minimum Gasteiger partial charge on any atom is -0.383 e. The van der Waals surface area contributed by atoms with E-state index in [9.17, 15) is 4.39 Å². The van der Waals surface area contributed by atoms with Gasteiger partial charge in [0, 0.05) is 50.7 Å². The molecule has 1 atom stereocenters. The van der Waals surface area contributed by atoms with Crippen molar-refractivity contribution in [2.75, 3.05) is 38.3 Å². The van der Waals surface area contributed by atoms with E-state index in [1.807, 2.05) is 28.8 Å². The number of pyridine rings is 2. The monoisotopic (exact) mass is 418 g/mol. The van der Waals surface area contributed by atoms with Crippen molar-refractivity contribution >= 4 is 17.0 Å². The van der Waals surface area contributed by atoms with Crippen molar-refractivity contribution in [3.63, 3.8) is 0 Å². The molecule has 0 radical (unpaired) electrons. The Bertz CT molecular complexity index is 1180. The van der Waals surface area contributed by atoms with Crippen LogP contribution in [0.5, 0.6) is 0 Å². The molecule has 1 aromatic carbocycles. The van der Waals surface area contributed by atoms with Crippen LogP contribution >= 0.6 is 0 Å². The minimum absolute atomic E-state index is 0.260. The van der Waals surface area contributed by atoms with Crippen molar-refractivity contribution in [2.45, 2.75) is 6.04 Å². The first kappa shape index (κ1) is 19.6. The lowest BCUT2D eigenvalue weighted by Crippen LogP contribution is -2.52. The van der Waals surface area contributed by atoms with Crippen LogP contribution in [-0.2, 0) is 4.74 Å². The second-order valence-corrected chi connectivity index (χ2v) is 7.55. The third-order valence-electron chi connectivity index (χ3n) is 5.46. The number of fused-ring (bicyclic) bond motifs is 1. The van der Waals surface area contributed by atoms with Crippen LogP contribution in [0.1, 0.15) is 0 Å². The normalized spacial score (nSPS) is 16.7. The van der Waals surface area contributed by atoms with E-state index in [0.717, 1.165) is 47.9 Å². The average molecular weight is 418 g/mol. The molecule has 4 aromatic rings. The number of halogens is 1. The van der Waals surface area contributed by atoms with Crippen LogP contribution in [-0.4, -0.2) is 58.9 Å². The van der Waals surface area contributed by atoms with Gasteiger partial charge in [0.05, 0.1) is 12.3 Å². The standard InChI is InChI=1S/C23H23FN6O/c1-31-15-18-14-29(13-12-26-18)21-7-6-20-23(28-21)30(19-8-10-25-11-9-19)22(27-20)16-2-4-17(24)5-3-16/h2-11,18,26H,12-15H2,1H3/t18-/m1/s1. The van der Waals surface area contributed by atoms with Gasteiger partial charge in [-0.1, -0.05) is 0 Å². The number of benzene rings is 1. The number of nitrogens with one attached hydrogen (secondary N) is 1. The lowest BCUT2D eigenvalue weighted by atomic mass is 10.2. The molecule has 7 nitrogen and oxygen atoms in total. The van der Waals surface area contributed by atoms with Crippen molar-refractivity contribution in [1.82, 2.24) is 24.8 Å². The predicted molar refractivity (Wildman–Crippen MR) is 118 cm³/mol. The molecule has 4 heterocycles. The van der Waals surface area contributed by atoms with Crippen molar-refractivity contribution in [3.05, 3.63) is 66.7 Å². The summed E-state index contributed by atoms with van der Waals surface area (Å²) in [7, 11) is 1.72. The highest BCUT2D eigenvalue weighted by Crippen LogP contribution is 2.29.